The Labute approximate surface area is 142 Å². The molecular formula is C18H15BrN2O2. The summed E-state index contributed by atoms with van der Waals surface area (Å²) >= 11 is 3.38. The highest BCUT2D eigenvalue weighted by Gasteiger charge is 2.14. The summed E-state index contributed by atoms with van der Waals surface area (Å²) in [4.78, 5) is 17.1. The second-order valence-corrected chi connectivity index (χ2v) is 6.04. The van der Waals surface area contributed by atoms with Crippen molar-refractivity contribution in [1.29, 1.82) is 0 Å². The van der Waals surface area contributed by atoms with Gasteiger partial charge in [0.25, 0.3) is 5.91 Å². The molecule has 2 aromatic carbocycles. The van der Waals surface area contributed by atoms with Gasteiger partial charge in [0, 0.05) is 15.6 Å². The maximum atomic E-state index is 12.6. The lowest BCUT2D eigenvalue weighted by Gasteiger charge is -2.11. The number of aromatic nitrogens is 1. The van der Waals surface area contributed by atoms with Crippen molar-refractivity contribution in [3.05, 3.63) is 64.3 Å². The third kappa shape index (κ3) is 3.19. The first-order chi connectivity index (χ1) is 11.1. The number of hydrogen-bond donors (Lipinski definition) is 1. The minimum atomic E-state index is -0.226. The fourth-order valence-corrected chi connectivity index (χ4v) is 2.77. The summed E-state index contributed by atoms with van der Waals surface area (Å²) in [6.07, 6.45) is 0. The number of fused-ring (bicyclic) bond motifs is 1. The maximum Gasteiger partial charge on any atom is 0.259 e. The second kappa shape index (κ2) is 6.38. The predicted molar refractivity (Wildman–Crippen MR) is 95.1 cm³/mol. The molecule has 1 aromatic heterocycles. The quantitative estimate of drug-likeness (QED) is 0.734. The highest BCUT2D eigenvalue weighted by Crippen LogP contribution is 2.26. The van der Waals surface area contributed by atoms with Crippen LogP contribution in [0.4, 0.5) is 5.69 Å². The molecule has 0 fully saturated rings. The van der Waals surface area contributed by atoms with Crippen molar-refractivity contribution >= 4 is 38.4 Å². The molecule has 0 spiro atoms. The molecule has 3 rings (SSSR count). The number of methoxy groups -OCH3 is 1. The minimum absolute atomic E-state index is 0.226. The van der Waals surface area contributed by atoms with Gasteiger partial charge in [0.2, 0.25) is 0 Å². The van der Waals surface area contributed by atoms with Crippen molar-refractivity contribution in [2.24, 2.45) is 0 Å². The van der Waals surface area contributed by atoms with Crippen LogP contribution in [-0.4, -0.2) is 18.0 Å². The molecule has 0 atom stereocenters. The number of nitrogens with one attached hydrogen (secondary N) is 1. The molecule has 1 amide bonds. The maximum absolute atomic E-state index is 12.6. The zero-order valence-electron chi connectivity index (χ0n) is 12.8. The average molecular weight is 371 g/mol. The number of ether oxygens (including phenoxy) is 1. The Balaban J connectivity index is 1.99. The lowest BCUT2D eigenvalue weighted by molar-refractivity contribution is 0.102. The number of benzene rings is 2. The Bertz CT molecular complexity index is 893. The minimum Gasteiger partial charge on any atom is -0.496 e. The van der Waals surface area contributed by atoms with Crippen molar-refractivity contribution in [1.82, 2.24) is 4.98 Å². The summed E-state index contributed by atoms with van der Waals surface area (Å²) in [7, 11) is 1.55. The number of anilines is 1. The Morgan fingerprint density at radius 2 is 2.00 bits per heavy atom. The van der Waals surface area contributed by atoms with Crippen molar-refractivity contribution in [3.8, 4) is 5.75 Å². The standard InChI is InChI=1S/C18H15BrN2O2/c1-11-6-8-13-15(20-11)4-3-5-16(13)21-18(22)14-10-12(19)7-9-17(14)23-2/h3-10H,1-2H3,(H,21,22). The van der Waals surface area contributed by atoms with E-state index in [-0.39, 0.29) is 5.91 Å². The molecule has 5 heteroatoms. The zero-order chi connectivity index (χ0) is 16.4. The van der Waals surface area contributed by atoms with Gasteiger partial charge in [-0.05, 0) is 49.4 Å². The SMILES string of the molecule is COc1ccc(Br)cc1C(=O)Nc1cccc2nc(C)ccc12. The van der Waals surface area contributed by atoms with Crippen LogP contribution in [-0.2, 0) is 0 Å². The van der Waals surface area contributed by atoms with E-state index in [1.54, 1.807) is 19.2 Å². The van der Waals surface area contributed by atoms with Crippen LogP contribution in [0.3, 0.4) is 0 Å². The van der Waals surface area contributed by atoms with Crippen LogP contribution in [0.1, 0.15) is 16.1 Å². The molecule has 3 aromatic rings. The fraction of sp³-hybridized carbons (Fsp3) is 0.111. The van der Waals surface area contributed by atoms with E-state index in [2.05, 4.69) is 26.2 Å². The Morgan fingerprint density at radius 3 is 2.78 bits per heavy atom. The highest BCUT2D eigenvalue weighted by atomic mass is 79.9. The third-order valence-corrected chi connectivity index (χ3v) is 4.02. The van der Waals surface area contributed by atoms with E-state index in [4.69, 9.17) is 4.74 Å². The smallest absolute Gasteiger partial charge is 0.259 e. The van der Waals surface area contributed by atoms with Crippen LogP contribution < -0.4 is 10.1 Å². The van der Waals surface area contributed by atoms with Gasteiger partial charge in [-0.2, -0.15) is 0 Å². The van der Waals surface area contributed by atoms with Gasteiger partial charge in [-0.3, -0.25) is 9.78 Å². The molecular weight excluding hydrogens is 356 g/mol. The van der Waals surface area contributed by atoms with E-state index >= 15 is 0 Å². The molecule has 0 saturated heterocycles. The van der Waals surface area contributed by atoms with Gasteiger partial charge in [0.05, 0.1) is 23.9 Å². The Morgan fingerprint density at radius 1 is 1.17 bits per heavy atom. The second-order valence-electron chi connectivity index (χ2n) is 5.12. The molecule has 0 aliphatic rings. The number of aryl methyl sites for hydroxylation is 1. The molecule has 116 valence electrons. The van der Waals surface area contributed by atoms with Crippen molar-refractivity contribution < 1.29 is 9.53 Å². The number of hydrogen-bond acceptors (Lipinski definition) is 3. The molecule has 23 heavy (non-hydrogen) atoms. The van der Waals surface area contributed by atoms with Gasteiger partial charge in [0.15, 0.2) is 0 Å². The Kier molecular flexibility index (Phi) is 4.30. The number of rotatable bonds is 3. The summed E-state index contributed by atoms with van der Waals surface area (Å²) in [5.41, 5.74) is 2.99. The van der Waals surface area contributed by atoms with Gasteiger partial charge in [-0.1, -0.05) is 22.0 Å². The van der Waals surface area contributed by atoms with Crippen LogP contribution in [0, 0.1) is 6.92 Å². The molecule has 4 nitrogen and oxygen atoms in total. The first-order valence-electron chi connectivity index (χ1n) is 7.10. The van der Waals surface area contributed by atoms with Crippen LogP contribution in [0.2, 0.25) is 0 Å². The lowest BCUT2D eigenvalue weighted by Crippen LogP contribution is -2.13. The summed E-state index contributed by atoms with van der Waals surface area (Å²) < 4.78 is 6.09. The number of carbonyl (C=O) groups is 1. The molecule has 1 heterocycles. The topological polar surface area (TPSA) is 51.2 Å². The fourth-order valence-electron chi connectivity index (χ4n) is 2.41. The first-order valence-corrected chi connectivity index (χ1v) is 7.89. The molecule has 0 saturated carbocycles. The number of amides is 1. The molecule has 0 unspecified atom stereocenters. The van der Waals surface area contributed by atoms with E-state index < -0.39 is 0 Å². The van der Waals surface area contributed by atoms with E-state index in [1.165, 1.54) is 0 Å². The van der Waals surface area contributed by atoms with Crippen molar-refractivity contribution in [3.63, 3.8) is 0 Å². The normalized spacial score (nSPS) is 10.6. The van der Waals surface area contributed by atoms with Crippen LogP contribution >= 0.6 is 15.9 Å². The number of halogens is 1. The zero-order valence-corrected chi connectivity index (χ0v) is 14.3. The van der Waals surface area contributed by atoms with Gasteiger partial charge in [0.1, 0.15) is 5.75 Å². The van der Waals surface area contributed by atoms with Crippen LogP contribution in [0.15, 0.2) is 53.0 Å². The average Bonchev–Trinajstić information content (AvgIpc) is 2.54. The third-order valence-electron chi connectivity index (χ3n) is 3.53. The number of nitrogens with zero attached hydrogens (tertiary/aromatic N) is 1. The van der Waals surface area contributed by atoms with E-state index in [1.807, 2.05) is 43.3 Å². The van der Waals surface area contributed by atoms with Crippen LogP contribution in [0.5, 0.6) is 5.75 Å². The number of pyridine rings is 1. The summed E-state index contributed by atoms with van der Waals surface area (Å²) in [5.74, 6) is 0.302. The van der Waals surface area contributed by atoms with Crippen LogP contribution in [0.25, 0.3) is 10.9 Å². The Hall–Kier alpha value is -2.40. The molecule has 0 bridgehead atoms. The van der Waals surface area contributed by atoms with E-state index in [0.717, 1.165) is 26.8 Å². The highest BCUT2D eigenvalue weighted by molar-refractivity contribution is 9.10. The molecule has 0 radical (unpaired) electrons. The first kappa shape index (κ1) is 15.5. The van der Waals surface area contributed by atoms with Crippen molar-refractivity contribution in [2.75, 3.05) is 12.4 Å². The van der Waals surface area contributed by atoms with Gasteiger partial charge < -0.3 is 10.1 Å². The summed E-state index contributed by atoms with van der Waals surface area (Å²) in [6.45, 7) is 1.94. The van der Waals surface area contributed by atoms with E-state index in [0.29, 0.717) is 11.3 Å². The summed E-state index contributed by atoms with van der Waals surface area (Å²) in [5, 5.41) is 3.85. The predicted octanol–water partition coefficient (Wildman–Crippen LogP) is 4.57. The molecule has 0 aliphatic heterocycles. The van der Waals surface area contributed by atoms with Gasteiger partial charge >= 0.3 is 0 Å². The lowest BCUT2D eigenvalue weighted by atomic mass is 10.1. The number of carbonyl (C=O) groups excluding carboxylic acids is 1. The summed E-state index contributed by atoms with van der Waals surface area (Å²) in [6, 6.07) is 14.9. The van der Waals surface area contributed by atoms with Crippen molar-refractivity contribution in [2.45, 2.75) is 6.92 Å². The van der Waals surface area contributed by atoms with E-state index in [9.17, 15) is 4.79 Å². The molecule has 1 N–H and O–H groups in total. The van der Waals surface area contributed by atoms with Gasteiger partial charge in [-0.15, -0.1) is 0 Å². The monoisotopic (exact) mass is 370 g/mol. The van der Waals surface area contributed by atoms with Gasteiger partial charge in [-0.25, -0.2) is 0 Å². The molecule has 0 aliphatic carbocycles. The largest absolute Gasteiger partial charge is 0.496 e.